The number of methoxy groups -OCH3 is 1. The van der Waals surface area contributed by atoms with Crippen LogP contribution in [0, 0.1) is 0 Å². The predicted octanol–water partition coefficient (Wildman–Crippen LogP) is 1.52. The summed E-state index contributed by atoms with van der Waals surface area (Å²) in [6.45, 7) is -0.447. The van der Waals surface area contributed by atoms with Crippen molar-refractivity contribution in [2.45, 2.75) is 31.1 Å². The van der Waals surface area contributed by atoms with Crippen molar-refractivity contribution in [2.24, 2.45) is 0 Å². The molecular formula is C21H20N5O9P. The quantitative estimate of drug-likeness (QED) is 0.287. The highest BCUT2D eigenvalue weighted by Crippen LogP contribution is 2.57. The highest BCUT2D eigenvalue weighted by Gasteiger charge is 2.53. The summed E-state index contributed by atoms with van der Waals surface area (Å²) in [5.74, 6) is 0.717. The maximum Gasteiger partial charge on any atom is 0.475 e. The molecule has 0 bridgehead atoms. The van der Waals surface area contributed by atoms with E-state index in [-0.39, 0.29) is 19.0 Å². The lowest BCUT2D eigenvalue weighted by Crippen LogP contribution is -2.39. The minimum absolute atomic E-state index is 0.162. The Balaban J connectivity index is 1.22. The smallest absolute Gasteiger partial charge is 0.475 e. The summed E-state index contributed by atoms with van der Waals surface area (Å²) in [7, 11) is -2.63. The SMILES string of the molecule is COc1ccc2oc(=O)cc(COP3(=O)OC[C@H]4O[C@@H](n5cnc6c(N)ncnc65)[C@H](O)[C@@H]4O3)c2c1. The molecule has 4 aromatic rings. The number of nitrogens with two attached hydrogens (primary N) is 1. The van der Waals surface area contributed by atoms with Crippen LogP contribution < -0.4 is 16.1 Å². The normalized spacial score (nSPS) is 27.9. The fourth-order valence-corrected chi connectivity index (χ4v) is 5.67. The van der Waals surface area contributed by atoms with E-state index in [0.29, 0.717) is 33.4 Å². The number of hydrogen-bond acceptors (Lipinski definition) is 13. The number of imidazole rings is 1. The summed E-state index contributed by atoms with van der Waals surface area (Å²) in [5.41, 5.74) is 6.65. The molecule has 1 aromatic carbocycles. The summed E-state index contributed by atoms with van der Waals surface area (Å²) in [6.07, 6.45) is -1.28. The van der Waals surface area contributed by atoms with E-state index < -0.39 is 38.0 Å². The zero-order valence-corrected chi connectivity index (χ0v) is 19.6. The first-order valence-corrected chi connectivity index (χ1v) is 12.3. The Morgan fingerprint density at radius 2 is 2.14 bits per heavy atom. The highest BCUT2D eigenvalue weighted by molar-refractivity contribution is 7.48. The molecule has 6 rings (SSSR count). The molecule has 0 saturated carbocycles. The average Bonchev–Trinajstić information content (AvgIpc) is 3.44. The second-order valence-electron chi connectivity index (χ2n) is 8.18. The predicted molar refractivity (Wildman–Crippen MR) is 122 cm³/mol. The van der Waals surface area contributed by atoms with Crippen LogP contribution in [0.25, 0.3) is 22.1 Å². The molecular weight excluding hydrogens is 497 g/mol. The number of phosphoric acid groups is 1. The van der Waals surface area contributed by atoms with Crippen LogP contribution in [0.1, 0.15) is 11.8 Å². The standard InChI is InChI=1S/C21H20N5O9P/c1-30-11-2-3-13-12(5-11)10(4-15(27)33-13)6-31-36(29)32-7-14-18(35-36)17(28)21(34-14)26-9-25-16-19(22)23-8-24-20(16)26/h2-5,8-9,14,17-18,21,28H,6-7H2,1H3,(H2,22,23,24)/t14-,17-,18-,21-,36?/m1/s1. The molecule has 2 saturated heterocycles. The molecule has 5 heterocycles. The molecule has 2 aliphatic heterocycles. The van der Waals surface area contributed by atoms with Gasteiger partial charge in [0.05, 0.1) is 26.7 Å². The minimum atomic E-state index is -4.13. The number of benzene rings is 1. The topological polar surface area (TPSA) is 183 Å². The van der Waals surface area contributed by atoms with Crippen molar-refractivity contribution in [3.8, 4) is 5.75 Å². The first kappa shape index (κ1) is 23.0. The average molecular weight is 517 g/mol. The maximum atomic E-state index is 13.3. The maximum absolute atomic E-state index is 13.3. The van der Waals surface area contributed by atoms with Gasteiger partial charge in [-0.25, -0.2) is 24.3 Å². The van der Waals surface area contributed by atoms with E-state index in [1.54, 1.807) is 18.2 Å². The molecule has 0 radical (unpaired) electrons. The molecule has 3 aromatic heterocycles. The lowest BCUT2D eigenvalue weighted by atomic mass is 10.1. The van der Waals surface area contributed by atoms with Crippen LogP contribution in [0.3, 0.4) is 0 Å². The van der Waals surface area contributed by atoms with Crippen LogP contribution in [0.5, 0.6) is 5.75 Å². The van der Waals surface area contributed by atoms with Crippen molar-refractivity contribution < 1.29 is 37.1 Å². The van der Waals surface area contributed by atoms with Crippen molar-refractivity contribution in [1.29, 1.82) is 0 Å². The van der Waals surface area contributed by atoms with Gasteiger partial charge in [0, 0.05) is 11.5 Å². The third-order valence-corrected chi connectivity index (χ3v) is 7.44. The Morgan fingerprint density at radius 1 is 1.28 bits per heavy atom. The zero-order chi connectivity index (χ0) is 25.0. The fraction of sp³-hybridized carbons (Fsp3) is 0.333. The van der Waals surface area contributed by atoms with Crippen LogP contribution in [0.2, 0.25) is 0 Å². The number of ether oxygens (including phenoxy) is 2. The summed E-state index contributed by atoms with van der Waals surface area (Å²) < 4.78 is 47.6. The number of aromatic nitrogens is 4. The van der Waals surface area contributed by atoms with Gasteiger partial charge in [0.1, 0.15) is 41.5 Å². The van der Waals surface area contributed by atoms with Crippen molar-refractivity contribution in [2.75, 3.05) is 19.5 Å². The van der Waals surface area contributed by atoms with Gasteiger partial charge >= 0.3 is 13.4 Å². The van der Waals surface area contributed by atoms with Crippen LogP contribution in [-0.4, -0.2) is 56.7 Å². The Hall–Kier alpha value is -3.39. The third kappa shape index (κ3) is 3.84. The van der Waals surface area contributed by atoms with E-state index >= 15 is 0 Å². The molecule has 0 amide bonds. The van der Waals surface area contributed by atoms with Crippen LogP contribution in [-0.2, 0) is 29.5 Å². The van der Waals surface area contributed by atoms with Gasteiger partial charge in [-0.15, -0.1) is 0 Å². The molecule has 3 N–H and O–H groups in total. The second kappa shape index (κ2) is 8.62. The lowest BCUT2D eigenvalue weighted by Gasteiger charge is -2.30. The number of nitrogens with zero attached hydrogens (tertiary/aromatic N) is 4. The summed E-state index contributed by atoms with van der Waals surface area (Å²) in [4.78, 5) is 24.2. The van der Waals surface area contributed by atoms with Crippen LogP contribution in [0.15, 0.2) is 46.1 Å². The molecule has 0 aliphatic carbocycles. The third-order valence-electron chi connectivity index (χ3n) is 6.03. The molecule has 14 nitrogen and oxygen atoms in total. The first-order valence-electron chi connectivity index (χ1n) is 10.8. The number of anilines is 1. The van der Waals surface area contributed by atoms with Gasteiger partial charge in [0.25, 0.3) is 0 Å². The molecule has 2 fully saturated rings. The van der Waals surface area contributed by atoms with Crippen molar-refractivity contribution in [3.63, 3.8) is 0 Å². The first-order chi connectivity index (χ1) is 17.3. The number of hydrogen-bond donors (Lipinski definition) is 2. The zero-order valence-electron chi connectivity index (χ0n) is 18.7. The monoisotopic (exact) mass is 517 g/mol. The van der Waals surface area contributed by atoms with Gasteiger partial charge in [0.2, 0.25) is 0 Å². The fourth-order valence-electron chi connectivity index (χ4n) is 4.28. The number of nitrogen functional groups attached to an aromatic ring is 1. The summed E-state index contributed by atoms with van der Waals surface area (Å²) in [5, 5.41) is 11.5. The number of phosphoric ester groups is 1. The Bertz CT molecular complexity index is 1570. The number of aliphatic hydroxyl groups excluding tert-OH is 1. The lowest BCUT2D eigenvalue weighted by molar-refractivity contribution is -0.0714. The second-order valence-corrected chi connectivity index (χ2v) is 9.80. The minimum Gasteiger partial charge on any atom is -0.497 e. The Kier molecular flexibility index (Phi) is 5.52. The molecule has 188 valence electrons. The van der Waals surface area contributed by atoms with E-state index in [4.69, 9.17) is 33.2 Å². The molecule has 5 atom stereocenters. The largest absolute Gasteiger partial charge is 0.497 e. The molecule has 2 aliphatic rings. The van der Waals surface area contributed by atoms with E-state index in [0.717, 1.165) is 0 Å². The Labute approximate surface area is 202 Å². The van der Waals surface area contributed by atoms with Crippen LogP contribution >= 0.6 is 7.82 Å². The highest BCUT2D eigenvalue weighted by atomic mass is 31.2. The van der Waals surface area contributed by atoms with Gasteiger partial charge < -0.3 is 24.7 Å². The number of aliphatic hydroxyl groups is 1. The molecule has 1 unspecified atom stereocenters. The molecule has 36 heavy (non-hydrogen) atoms. The van der Waals surface area contributed by atoms with Crippen LogP contribution in [0.4, 0.5) is 5.82 Å². The van der Waals surface area contributed by atoms with Crippen molar-refractivity contribution in [3.05, 3.63) is 52.9 Å². The van der Waals surface area contributed by atoms with Crippen molar-refractivity contribution >= 4 is 35.8 Å². The summed E-state index contributed by atoms with van der Waals surface area (Å²) in [6, 6.07) is 6.12. The number of fused-ring (bicyclic) bond motifs is 3. The van der Waals surface area contributed by atoms with E-state index in [2.05, 4.69) is 15.0 Å². The number of rotatable bonds is 5. The van der Waals surface area contributed by atoms with Gasteiger partial charge in [-0.1, -0.05) is 0 Å². The summed E-state index contributed by atoms with van der Waals surface area (Å²) >= 11 is 0. The Morgan fingerprint density at radius 3 is 2.97 bits per heavy atom. The van der Waals surface area contributed by atoms with E-state index in [1.807, 2.05) is 0 Å². The van der Waals surface area contributed by atoms with E-state index in [9.17, 15) is 14.5 Å². The van der Waals surface area contributed by atoms with Gasteiger partial charge in [-0.2, -0.15) is 0 Å². The molecule has 0 spiro atoms. The van der Waals surface area contributed by atoms with Gasteiger partial charge in [0.15, 0.2) is 17.7 Å². The van der Waals surface area contributed by atoms with Gasteiger partial charge in [-0.05, 0) is 23.8 Å². The van der Waals surface area contributed by atoms with Crippen molar-refractivity contribution in [1.82, 2.24) is 19.5 Å². The van der Waals surface area contributed by atoms with Gasteiger partial charge in [-0.3, -0.25) is 18.1 Å². The van der Waals surface area contributed by atoms with E-state index in [1.165, 1.54) is 30.4 Å². The molecule has 15 heteroatoms.